The highest BCUT2D eigenvalue weighted by atomic mass is 19.1. The van der Waals surface area contributed by atoms with Crippen molar-refractivity contribution >= 4 is 23.5 Å². The highest BCUT2D eigenvalue weighted by Crippen LogP contribution is 2.38. The Morgan fingerprint density at radius 3 is 2.85 bits per heavy atom. The van der Waals surface area contributed by atoms with E-state index in [1.165, 1.54) is 12.1 Å². The van der Waals surface area contributed by atoms with Crippen LogP contribution in [-0.4, -0.2) is 84.3 Å². The second-order valence-electron chi connectivity index (χ2n) is 8.39. The van der Waals surface area contributed by atoms with Crippen LogP contribution in [0.3, 0.4) is 0 Å². The first-order chi connectivity index (χ1) is 16.0. The number of halogens is 1. The van der Waals surface area contributed by atoms with Gasteiger partial charge in [0.2, 0.25) is 11.9 Å². The molecule has 3 aliphatic rings. The van der Waals surface area contributed by atoms with Gasteiger partial charge in [0.25, 0.3) is 5.91 Å². The summed E-state index contributed by atoms with van der Waals surface area (Å²) in [6.45, 7) is 2.82. The minimum absolute atomic E-state index is 0.122. The SMILES string of the molecule is NC(=O)C(CCCCCOc1ccc(F)c2c1N=C1NC(=O)C(CO)N1C2)N1CCOCC1. The molecule has 2 atom stereocenters. The van der Waals surface area contributed by atoms with Crippen LogP contribution >= 0.6 is 0 Å². The van der Waals surface area contributed by atoms with Crippen molar-refractivity contribution < 1.29 is 28.6 Å². The molecule has 0 aromatic heterocycles. The van der Waals surface area contributed by atoms with Crippen LogP contribution in [0, 0.1) is 5.82 Å². The van der Waals surface area contributed by atoms with E-state index in [-0.39, 0.29) is 31.0 Å². The number of carbonyl (C=O) groups is 2. The number of primary amides is 1. The predicted octanol–water partition coefficient (Wildman–Crippen LogP) is 0.245. The second kappa shape index (κ2) is 10.4. The van der Waals surface area contributed by atoms with Gasteiger partial charge in [-0.2, -0.15) is 0 Å². The van der Waals surface area contributed by atoms with Crippen LogP contribution in [0.15, 0.2) is 17.1 Å². The lowest BCUT2D eigenvalue weighted by Crippen LogP contribution is -2.49. The maximum absolute atomic E-state index is 14.5. The monoisotopic (exact) mass is 463 g/mol. The molecule has 33 heavy (non-hydrogen) atoms. The van der Waals surface area contributed by atoms with Crippen molar-refractivity contribution in [2.75, 3.05) is 39.5 Å². The van der Waals surface area contributed by atoms with E-state index in [4.69, 9.17) is 15.2 Å². The highest BCUT2D eigenvalue weighted by molar-refractivity contribution is 6.08. The van der Waals surface area contributed by atoms with Crippen LogP contribution < -0.4 is 15.8 Å². The fourth-order valence-electron chi connectivity index (χ4n) is 4.46. The minimum Gasteiger partial charge on any atom is -0.491 e. The van der Waals surface area contributed by atoms with Crippen molar-refractivity contribution in [2.24, 2.45) is 10.7 Å². The quantitative estimate of drug-likeness (QED) is 0.424. The zero-order valence-electron chi connectivity index (χ0n) is 18.5. The number of aliphatic hydroxyl groups excluding tert-OH is 1. The molecule has 2 fully saturated rings. The third-order valence-corrected chi connectivity index (χ3v) is 6.29. The van der Waals surface area contributed by atoms with E-state index in [9.17, 15) is 19.1 Å². The first kappa shape index (κ1) is 23.4. The third-order valence-electron chi connectivity index (χ3n) is 6.29. The molecular formula is C22H30FN5O5. The number of ether oxygens (including phenoxy) is 2. The average Bonchev–Trinajstić information content (AvgIpc) is 3.13. The van der Waals surface area contributed by atoms with Gasteiger partial charge >= 0.3 is 0 Å². The number of morpholine rings is 1. The molecule has 0 aliphatic carbocycles. The smallest absolute Gasteiger partial charge is 0.251 e. The van der Waals surface area contributed by atoms with E-state index in [2.05, 4.69) is 15.2 Å². The fraction of sp³-hybridized carbons (Fsp3) is 0.591. The van der Waals surface area contributed by atoms with E-state index in [1.54, 1.807) is 4.90 Å². The van der Waals surface area contributed by atoms with E-state index >= 15 is 0 Å². The van der Waals surface area contributed by atoms with Gasteiger partial charge in [0.05, 0.1) is 39.0 Å². The number of benzene rings is 1. The number of hydrogen-bond donors (Lipinski definition) is 3. The molecule has 0 bridgehead atoms. The summed E-state index contributed by atoms with van der Waals surface area (Å²) in [7, 11) is 0. The number of hydrogen-bond acceptors (Lipinski definition) is 8. The number of unbranched alkanes of at least 4 members (excludes halogenated alkanes) is 2. The van der Waals surface area contributed by atoms with Crippen LogP contribution in [0.4, 0.5) is 10.1 Å². The average molecular weight is 464 g/mol. The Morgan fingerprint density at radius 1 is 1.33 bits per heavy atom. The summed E-state index contributed by atoms with van der Waals surface area (Å²) in [5.74, 6) is -0.358. The summed E-state index contributed by atoms with van der Waals surface area (Å²) in [4.78, 5) is 31.9. The summed E-state index contributed by atoms with van der Waals surface area (Å²) in [6.07, 6.45) is 3.14. The molecule has 180 valence electrons. The van der Waals surface area contributed by atoms with Crippen molar-refractivity contribution in [1.82, 2.24) is 15.1 Å². The first-order valence-corrected chi connectivity index (χ1v) is 11.3. The lowest BCUT2D eigenvalue weighted by molar-refractivity contribution is -0.125. The normalized spacial score (nSPS) is 21.2. The zero-order chi connectivity index (χ0) is 23.4. The van der Waals surface area contributed by atoms with Gasteiger partial charge in [0.1, 0.15) is 23.3 Å². The largest absolute Gasteiger partial charge is 0.491 e. The summed E-state index contributed by atoms with van der Waals surface area (Å²) in [5, 5.41) is 12.1. The van der Waals surface area contributed by atoms with Crippen molar-refractivity contribution in [3.8, 4) is 5.75 Å². The van der Waals surface area contributed by atoms with Gasteiger partial charge in [0.15, 0.2) is 0 Å². The van der Waals surface area contributed by atoms with Crippen molar-refractivity contribution in [3.63, 3.8) is 0 Å². The van der Waals surface area contributed by atoms with Gasteiger partial charge in [-0.15, -0.1) is 0 Å². The number of guanidine groups is 1. The van der Waals surface area contributed by atoms with Gasteiger partial charge in [-0.1, -0.05) is 6.42 Å². The number of nitrogens with one attached hydrogen (secondary N) is 1. The Bertz CT molecular complexity index is 921. The Hall–Kier alpha value is -2.76. The summed E-state index contributed by atoms with van der Waals surface area (Å²) in [6, 6.07) is 1.81. The predicted molar refractivity (Wildman–Crippen MR) is 117 cm³/mol. The molecule has 3 aliphatic heterocycles. The number of aliphatic imine (C=N–C) groups is 1. The number of nitrogens with two attached hydrogens (primary N) is 1. The van der Waals surface area contributed by atoms with E-state index < -0.39 is 11.9 Å². The number of rotatable bonds is 10. The van der Waals surface area contributed by atoms with Gasteiger partial charge in [0, 0.05) is 18.7 Å². The Kier molecular flexibility index (Phi) is 7.41. The molecule has 2 saturated heterocycles. The molecule has 10 nitrogen and oxygen atoms in total. The van der Waals surface area contributed by atoms with Crippen molar-refractivity contribution in [1.29, 1.82) is 0 Å². The van der Waals surface area contributed by atoms with Gasteiger partial charge in [-0.25, -0.2) is 9.38 Å². The van der Waals surface area contributed by atoms with Crippen LogP contribution in [0.25, 0.3) is 0 Å². The molecular weight excluding hydrogens is 433 g/mol. The van der Waals surface area contributed by atoms with Crippen LogP contribution in [0.1, 0.15) is 31.2 Å². The number of amides is 2. The Morgan fingerprint density at radius 2 is 2.12 bits per heavy atom. The molecule has 11 heteroatoms. The van der Waals surface area contributed by atoms with Crippen molar-refractivity contribution in [2.45, 2.75) is 44.3 Å². The van der Waals surface area contributed by atoms with E-state index in [1.807, 2.05) is 0 Å². The molecule has 2 unspecified atom stereocenters. The number of fused-ring (bicyclic) bond motifs is 2. The van der Waals surface area contributed by atoms with Crippen molar-refractivity contribution in [3.05, 3.63) is 23.5 Å². The van der Waals surface area contributed by atoms with E-state index in [0.717, 1.165) is 19.3 Å². The molecule has 3 heterocycles. The third kappa shape index (κ3) is 5.10. The lowest BCUT2D eigenvalue weighted by atomic mass is 10.1. The van der Waals surface area contributed by atoms with Gasteiger partial charge in [-0.05, 0) is 31.4 Å². The Balaban J connectivity index is 1.30. The highest BCUT2D eigenvalue weighted by Gasteiger charge is 2.40. The molecule has 1 aromatic rings. The second-order valence-corrected chi connectivity index (χ2v) is 8.39. The zero-order valence-corrected chi connectivity index (χ0v) is 18.5. The van der Waals surface area contributed by atoms with Crippen LogP contribution in [0.5, 0.6) is 5.75 Å². The number of carbonyl (C=O) groups excluding carboxylic acids is 2. The molecule has 4 N–H and O–H groups in total. The molecule has 2 amide bonds. The Labute approximate surface area is 191 Å². The maximum Gasteiger partial charge on any atom is 0.251 e. The van der Waals surface area contributed by atoms with Crippen LogP contribution in [-0.2, 0) is 20.9 Å². The topological polar surface area (TPSA) is 130 Å². The van der Waals surface area contributed by atoms with Crippen LogP contribution in [0.2, 0.25) is 0 Å². The minimum atomic E-state index is -0.775. The van der Waals surface area contributed by atoms with Gasteiger partial charge in [-0.3, -0.25) is 19.8 Å². The molecule has 1 aromatic carbocycles. The first-order valence-electron chi connectivity index (χ1n) is 11.3. The lowest BCUT2D eigenvalue weighted by Gasteiger charge is -2.32. The summed E-state index contributed by atoms with van der Waals surface area (Å²) in [5.41, 5.74) is 6.29. The number of aliphatic hydroxyl groups is 1. The molecule has 0 saturated carbocycles. The maximum atomic E-state index is 14.5. The van der Waals surface area contributed by atoms with Gasteiger partial charge < -0.3 is 25.2 Å². The molecule has 0 spiro atoms. The molecule has 4 rings (SSSR count). The summed E-state index contributed by atoms with van der Waals surface area (Å²) >= 11 is 0. The standard InChI is InChI=1S/C22H30FN5O5/c23-15-5-6-18(19-14(15)12-28-17(13-29)21(31)26-22(28)25-19)33-9-3-1-2-4-16(20(24)30)27-7-10-32-11-8-27/h5-6,16-17,29H,1-4,7-13H2,(H2,24,30)(H,25,26,31). The fourth-order valence-corrected chi connectivity index (χ4v) is 4.46. The molecule has 0 radical (unpaired) electrons. The number of nitrogens with zero attached hydrogens (tertiary/aromatic N) is 3. The summed E-state index contributed by atoms with van der Waals surface area (Å²) < 4.78 is 25.7. The van der Waals surface area contributed by atoms with E-state index in [0.29, 0.717) is 62.3 Å².